The molecule has 4 nitrogen and oxygen atoms in total. The first-order valence-corrected chi connectivity index (χ1v) is 11.6. The molecule has 2 aromatic carbocycles. The number of carbonyl (C=O) groups is 2. The van der Waals surface area contributed by atoms with Crippen LogP contribution in [0, 0.1) is 27.7 Å². The van der Waals surface area contributed by atoms with Crippen molar-refractivity contribution in [2.45, 2.75) is 34.2 Å². The first-order valence-electron chi connectivity index (χ1n) is 10.0. The highest BCUT2D eigenvalue weighted by Gasteiger charge is 2.35. The van der Waals surface area contributed by atoms with Crippen molar-refractivity contribution in [2.75, 3.05) is 0 Å². The summed E-state index contributed by atoms with van der Waals surface area (Å²) in [6.07, 6.45) is 1.84. The van der Waals surface area contributed by atoms with Gasteiger partial charge in [-0.05, 0) is 86.5 Å². The van der Waals surface area contributed by atoms with Crippen molar-refractivity contribution in [1.29, 1.82) is 0 Å². The summed E-state index contributed by atoms with van der Waals surface area (Å²) in [5, 5.41) is -0.234. The number of halogens is 1. The topological polar surface area (TPSA) is 42.3 Å². The van der Waals surface area contributed by atoms with Crippen LogP contribution < -0.4 is 0 Å². The molecule has 2 amide bonds. The number of benzene rings is 2. The average Bonchev–Trinajstić information content (AvgIpc) is 3.14. The fourth-order valence-corrected chi connectivity index (χ4v) is 5.00. The molecule has 1 aliphatic rings. The molecular weight excluding hydrogens is 472 g/mol. The van der Waals surface area contributed by atoms with Crippen molar-refractivity contribution in [3.63, 3.8) is 0 Å². The van der Waals surface area contributed by atoms with Gasteiger partial charge in [-0.15, -0.1) is 0 Å². The van der Waals surface area contributed by atoms with Crippen LogP contribution in [-0.2, 0) is 11.3 Å². The fourth-order valence-electron chi connectivity index (χ4n) is 3.91. The maximum Gasteiger partial charge on any atom is 0.293 e. The molecule has 0 unspecified atom stereocenters. The van der Waals surface area contributed by atoms with Crippen molar-refractivity contribution >= 4 is 44.9 Å². The molecule has 2 heterocycles. The summed E-state index contributed by atoms with van der Waals surface area (Å²) in [7, 11) is 0. The summed E-state index contributed by atoms with van der Waals surface area (Å²) >= 11 is 4.41. The van der Waals surface area contributed by atoms with Crippen LogP contribution in [0.4, 0.5) is 4.79 Å². The fraction of sp³-hybridized carbons (Fsp3) is 0.200. The Kier molecular flexibility index (Phi) is 5.95. The third kappa shape index (κ3) is 4.27. The van der Waals surface area contributed by atoms with Gasteiger partial charge in [0, 0.05) is 21.5 Å². The average molecular weight is 495 g/mol. The normalized spacial score (nSPS) is 15.4. The van der Waals surface area contributed by atoms with Crippen LogP contribution in [0.25, 0.3) is 11.8 Å². The first-order chi connectivity index (χ1) is 14.7. The van der Waals surface area contributed by atoms with Crippen LogP contribution in [0.1, 0.15) is 33.6 Å². The maximum atomic E-state index is 13.0. The van der Waals surface area contributed by atoms with Crippen LogP contribution in [-0.4, -0.2) is 20.6 Å². The number of amides is 2. The minimum atomic E-state index is -0.241. The van der Waals surface area contributed by atoms with E-state index < -0.39 is 0 Å². The predicted octanol–water partition coefficient (Wildman–Crippen LogP) is 6.71. The van der Waals surface area contributed by atoms with E-state index in [1.54, 1.807) is 0 Å². The van der Waals surface area contributed by atoms with Gasteiger partial charge in [0.2, 0.25) is 0 Å². The molecule has 0 saturated carbocycles. The van der Waals surface area contributed by atoms with Crippen molar-refractivity contribution in [3.05, 3.63) is 91.6 Å². The second-order valence-electron chi connectivity index (χ2n) is 7.85. The van der Waals surface area contributed by atoms with Gasteiger partial charge < -0.3 is 4.57 Å². The van der Waals surface area contributed by atoms with Gasteiger partial charge >= 0.3 is 0 Å². The van der Waals surface area contributed by atoms with Crippen LogP contribution >= 0.6 is 27.7 Å². The quantitative estimate of drug-likeness (QED) is 0.378. The summed E-state index contributed by atoms with van der Waals surface area (Å²) < 4.78 is 3.16. The van der Waals surface area contributed by atoms with E-state index >= 15 is 0 Å². The molecule has 158 valence electrons. The number of hydrogen-bond acceptors (Lipinski definition) is 3. The zero-order chi connectivity index (χ0) is 22.3. The smallest absolute Gasteiger partial charge is 0.293 e. The first kappa shape index (κ1) is 21.7. The van der Waals surface area contributed by atoms with Crippen LogP contribution in [0.15, 0.2) is 57.9 Å². The van der Waals surface area contributed by atoms with Crippen molar-refractivity contribution in [1.82, 2.24) is 9.47 Å². The lowest BCUT2D eigenvalue weighted by atomic mass is 10.1. The number of nitrogens with zero attached hydrogens (tertiary/aromatic N) is 2. The monoisotopic (exact) mass is 494 g/mol. The van der Waals surface area contributed by atoms with Gasteiger partial charge in [-0.25, -0.2) is 0 Å². The Hall–Kier alpha value is -2.57. The van der Waals surface area contributed by atoms with Crippen LogP contribution in [0.5, 0.6) is 0 Å². The Labute approximate surface area is 195 Å². The lowest BCUT2D eigenvalue weighted by Gasteiger charge is -2.13. The van der Waals surface area contributed by atoms with Crippen molar-refractivity contribution in [2.24, 2.45) is 0 Å². The summed E-state index contributed by atoms with van der Waals surface area (Å²) in [6, 6.07) is 16.1. The summed E-state index contributed by atoms with van der Waals surface area (Å²) in [4.78, 5) is 27.3. The Balaban J connectivity index is 1.64. The Morgan fingerprint density at radius 2 is 1.68 bits per heavy atom. The number of aryl methyl sites for hydroxylation is 3. The van der Waals surface area contributed by atoms with E-state index in [2.05, 4.69) is 65.5 Å². The molecule has 1 saturated heterocycles. The highest BCUT2D eigenvalue weighted by atomic mass is 79.9. The largest absolute Gasteiger partial charge is 0.318 e. The van der Waals surface area contributed by atoms with E-state index in [-0.39, 0.29) is 17.7 Å². The lowest BCUT2D eigenvalue weighted by molar-refractivity contribution is -0.123. The molecule has 0 N–H and O–H groups in total. The second-order valence-corrected chi connectivity index (χ2v) is 9.76. The van der Waals surface area contributed by atoms with Crippen LogP contribution in [0.2, 0.25) is 0 Å². The van der Waals surface area contributed by atoms with Gasteiger partial charge in [-0.2, -0.15) is 0 Å². The molecule has 1 aromatic heterocycles. The minimum absolute atomic E-state index is 0.234. The second kappa shape index (κ2) is 8.52. The molecular formula is C25H23BrN2O2S. The van der Waals surface area contributed by atoms with Crippen LogP contribution in [0.3, 0.4) is 0 Å². The highest BCUT2D eigenvalue weighted by molar-refractivity contribution is 9.10. The number of thioether (sulfide) groups is 1. The third-order valence-corrected chi connectivity index (χ3v) is 6.91. The van der Waals surface area contributed by atoms with Crippen molar-refractivity contribution in [3.8, 4) is 5.69 Å². The van der Waals surface area contributed by atoms with Gasteiger partial charge in [0.25, 0.3) is 11.1 Å². The number of rotatable bonds is 4. The van der Waals surface area contributed by atoms with Gasteiger partial charge in [-0.3, -0.25) is 14.5 Å². The Morgan fingerprint density at radius 1 is 0.968 bits per heavy atom. The van der Waals surface area contributed by atoms with Gasteiger partial charge in [0.1, 0.15) is 0 Å². The SMILES string of the molecule is Cc1ccc(-n2c(C)cc(/C=C3\SC(=O)N(Cc4ccc(Br)cc4)C3=O)c2C)c(C)c1. The van der Waals surface area contributed by atoms with E-state index in [1.807, 2.05) is 37.3 Å². The van der Waals surface area contributed by atoms with Gasteiger partial charge in [0.15, 0.2) is 0 Å². The van der Waals surface area contributed by atoms with Crippen molar-refractivity contribution < 1.29 is 9.59 Å². The molecule has 4 rings (SSSR count). The van der Waals surface area contributed by atoms with Gasteiger partial charge in [-0.1, -0.05) is 45.8 Å². The molecule has 1 aliphatic heterocycles. The molecule has 0 radical (unpaired) electrons. The Morgan fingerprint density at radius 3 is 2.35 bits per heavy atom. The molecule has 0 spiro atoms. The highest BCUT2D eigenvalue weighted by Crippen LogP contribution is 2.35. The summed E-state index contributed by atoms with van der Waals surface area (Å²) in [6.45, 7) is 8.57. The van der Waals surface area contributed by atoms with E-state index in [0.717, 1.165) is 44.4 Å². The Bertz CT molecular complexity index is 1230. The predicted molar refractivity (Wildman–Crippen MR) is 130 cm³/mol. The zero-order valence-electron chi connectivity index (χ0n) is 17.9. The molecule has 3 aromatic rings. The molecule has 6 heteroatoms. The minimum Gasteiger partial charge on any atom is -0.318 e. The number of imide groups is 1. The third-order valence-electron chi connectivity index (χ3n) is 5.48. The molecule has 0 atom stereocenters. The summed E-state index contributed by atoms with van der Waals surface area (Å²) in [5.74, 6) is -0.241. The van der Waals surface area contributed by atoms with E-state index in [9.17, 15) is 9.59 Å². The lowest BCUT2D eigenvalue weighted by Crippen LogP contribution is -2.27. The summed E-state index contributed by atoms with van der Waals surface area (Å²) in [5.41, 5.74) is 7.55. The van der Waals surface area contributed by atoms with E-state index in [4.69, 9.17) is 0 Å². The number of hydrogen-bond donors (Lipinski definition) is 0. The number of aromatic nitrogens is 1. The van der Waals surface area contributed by atoms with E-state index in [1.165, 1.54) is 16.0 Å². The molecule has 1 fully saturated rings. The zero-order valence-corrected chi connectivity index (χ0v) is 20.3. The van der Waals surface area contributed by atoms with Gasteiger partial charge in [0.05, 0.1) is 11.4 Å². The standard InChI is InChI=1S/C25H23BrN2O2S/c1-15-5-10-22(16(2)11-15)28-17(3)12-20(18(28)4)13-23-24(29)27(25(30)31-23)14-19-6-8-21(26)9-7-19/h5-13H,14H2,1-4H3/b23-13-. The molecule has 0 aliphatic carbocycles. The maximum absolute atomic E-state index is 13.0. The van der Waals surface area contributed by atoms with E-state index in [0.29, 0.717) is 4.91 Å². The molecule has 0 bridgehead atoms. The number of carbonyl (C=O) groups excluding carboxylic acids is 2. The molecule has 31 heavy (non-hydrogen) atoms.